The Bertz CT molecular complexity index is 1470. The molecule has 0 bridgehead atoms. The number of rotatable bonds is 15. The van der Waals surface area contributed by atoms with Gasteiger partial charge >= 0.3 is 6.09 Å². The molecule has 49 heavy (non-hydrogen) atoms. The molecule has 5 rings (SSSR count). The third kappa shape index (κ3) is 10.6. The number of amides is 1. The molecule has 2 atom stereocenters. The number of nitrogens with zero attached hydrogens (tertiary/aromatic N) is 2. The topological polar surface area (TPSA) is 81.7 Å². The summed E-state index contributed by atoms with van der Waals surface area (Å²) in [6.45, 7) is 12.0. The molecule has 1 saturated heterocycles. The fourth-order valence-electron chi connectivity index (χ4n) is 6.59. The summed E-state index contributed by atoms with van der Waals surface area (Å²) in [5.74, 6) is 1.81. The molecule has 9 heteroatoms. The van der Waals surface area contributed by atoms with Gasteiger partial charge in [0.05, 0.1) is 46.2 Å². The number of methoxy groups -OCH3 is 1. The van der Waals surface area contributed by atoms with Gasteiger partial charge in [-0.3, -0.25) is 0 Å². The second-order valence-electron chi connectivity index (χ2n) is 14.0. The maximum Gasteiger partial charge on any atom is 0.410 e. The lowest BCUT2D eigenvalue weighted by Gasteiger charge is -2.39. The molecule has 2 aliphatic rings. The van der Waals surface area contributed by atoms with Gasteiger partial charge in [0.1, 0.15) is 17.1 Å². The van der Waals surface area contributed by atoms with Crippen LogP contribution in [0.2, 0.25) is 0 Å². The number of likely N-dealkylation sites (N-methyl/N-ethyl adjacent to an activating group) is 1. The van der Waals surface area contributed by atoms with E-state index in [2.05, 4.69) is 40.5 Å². The molecular weight excluding hydrogens is 618 g/mol. The standard InChI is InChI=1S/C40H55N3O6/c1-40(2,3)49-39(44)43-22-19-35(38(27-43)48-28-30-13-14-32-11-8-21-42(23-20-41-4)36(32)26-30)31-15-17-34(18-16-31)47-25-9-24-46-29-33-10-6-7-12-37(33)45-5/h6-7,10,12-18,26,35,38,41H,8-9,11,19-25,27-29H2,1-5H3/t35-,38+/m1/s1. The Balaban J connectivity index is 1.19. The van der Waals surface area contributed by atoms with Crippen molar-refractivity contribution in [2.45, 2.75) is 77.3 Å². The maximum absolute atomic E-state index is 13.1. The molecule has 9 nitrogen and oxygen atoms in total. The van der Waals surface area contributed by atoms with Crippen LogP contribution in [-0.2, 0) is 33.8 Å². The van der Waals surface area contributed by atoms with Crippen molar-refractivity contribution in [2.75, 3.05) is 65.0 Å². The third-order valence-corrected chi connectivity index (χ3v) is 9.13. The summed E-state index contributed by atoms with van der Waals surface area (Å²) in [5.41, 5.74) is 5.54. The van der Waals surface area contributed by atoms with Gasteiger partial charge in [-0.1, -0.05) is 42.5 Å². The van der Waals surface area contributed by atoms with Gasteiger partial charge in [-0.25, -0.2) is 4.79 Å². The summed E-state index contributed by atoms with van der Waals surface area (Å²) in [4.78, 5) is 17.4. The van der Waals surface area contributed by atoms with Crippen LogP contribution in [0.15, 0.2) is 66.7 Å². The van der Waals surface area contributed by atoms with Crippen LogP contribution in [0.4, 0.5) is 10.5 Å². The molecular formula is C40H55N3O6. The first-order chi connectivity index (χ1) is 23.7. The lowest BCUT2D eigenvalue weighted by atomic mass is 9.87. The maximum atomic E-state index is 13.1. The largest absolute Gasteiger partial charge is 0.496 e. The predicted molar refractivity (Wildman–Crippen MR) is 194 cm³/mol. The smallest absolute Gasteiger partial charge is 0.410 e. The zero-order chi connectivity index (χ0) is 34.6. The van der Waals surface area contributed by atoms with E-state index in [0.717, 1.165) is 61.5 Å². The minimum absolute atomic E-state index is 0.140. The van der Waals surface area contributed by atoms with Crippen molar-refractivity contribution in [2.24, 2.45) is 0 Å². The zero-order valence-corrected chi connectivity index (χ0v) is 30.0. The van der Waals surface area contributed by atoms with Crippen LogP contribution in [0.5, 0.6) is 11.5 Å². The summed E-state index contributed by atoms with van der Waals surface area (Å²) in [7, 11) is 3.67. The molecule has 0 aromatic heterocycles. The minimum Gasteiger partial charge on any atom is -0.496 e. The molecule has 3 aromatic rings. The van der Waals surface area contributed by atoms with Gasteiger partial charge in [0, 0.05) is 49.8 Å². The summed E-state index contributed by atoms with van der Waals surface area (Å²) < 4.78 is 29.7. The van der Waals surface area contributed by atoms with Gasteiger partial charge < -0.3 is 38.8 Å². The highest BCUT2D eigenvalue weighted by Gasteiger charge is 2.35. The number of nitrogens with one attached hydrogen (secondary N) is 1. The Morgan fingerprint density at radius 2 is 1.80 bits per heavy atom. The molecule has 0 aliphatic carbocycles. The van der Waals surface area contributed by atoms with Crippen LogP contribution >= 0.6 is 0 Å². The number of aryl methyl sites for hydroxylation is 1. The monoisotopic (exact) mass is 673 g/mol. The second kappa shape index (κ2) is 17.7. The molecule has 0 radical (unpaired) electrons. The van der Waals surface area contributed by atoms with Gasteiger partial charge in [-0.15, -0.1) is 0 Å². The number of hydrogen-bond acceptors (Lipinski definition) is 8. The van der Waals surface area contributed by atoms with Crippen LogP contribution < -0.4 is 19.7 Å². The number of carbonyl (C=O) groups excluding carboxylic acids is 1. The summed E-state index contributed by atoms with van der Waals surface area (Å²) in [5, 5.41) is 3.28. The van der Waals surface area contributed by atoms with E-state index in [1.165, 1.54) is 23.2 Å². The summed E-state index contributed by atoms with van der Waals surface area (Å²) in [6, 6.07) is 23.0. The van der Waals surface area contributed by atoms with Gasteiger partial charge in [-0.05, 0) is 88.0 Å². The van der Waals surface area contributed by atoms with Crippen LogP contribution in [0, 0.1) is 0 Å². The van der Waals surface area contributed by atoms with E-state index in [9.17, 15) is 4.79 Å². The van der Waals surface area contributed by atoms with E-state index >= 15 is 0 Å². The van der Waals surface area contributed by atoms with E-state index in [1.54, 1.807) is 12.0 Å². The molecule has 2 aliphatic heterocycles. The number of benzene rings is 3. The highest BCUT2D eigenvalue weighted by Crippen LogP contribution is 2.34. The molecule has 0 unspecified atom stereocenters. The highest BCUT2D eigenvalue weighted by molar-refractivity contribution is 5.68. The van der Waals surface area contributed by atoms with Crippen LogP contribution in [0.1, 0.15) is 68.2 Å². The molecule has 1 N–H and O–H groups in total. The molecule has 1 amide bonds. The van der Waals surface area contributed by atoms with Crippen LogP contribution in [0.25, 0.3) is 0 Å². The fraction of sp³-hybridized carbons (Fsp3) is 0.525. The number of anilines is 1. The Kier molecular flexibility index (Phi) is 13.2. The van der Waals surface area contributed by atoms with Crippen molar-refractivity contribution < 1.29 is 28.5 Å². The third-order valence-electron chi connectivity index (χ3n) is 9.13. The first-order valence-electron chi connectivity index (χ1n) is 17.8. The van der Waals surface area contributed by atoms with Gasteiger partial charge in [0.25, 0.3) is 0 Å². The lowest BCUT2D eigenvalue weighted by Crippen LogP contribution is -2.48. The molecule has 3 aromatic carbocycles. The second-order valence-corrected chi connectivity index (χ2v) is 14.0. The van der Waals surface area contributed by atoms with Gasteiger partial charge in [-0.2, -0.15) is 0 Å². The average Bonchev–Trinajstić information content (AvgIpc) is 3.10. The number of hydrogen-bond donors (Lipinski definition) is 1. The SMILES string of the molecule is CNCCN1CCCc2ccc(CO[C@H]3CN(C(=O)OC(C)(C)C)CC[C@@H]3c3ccc(OCCCOCc4ccccc4OC)cc3)cc21. The molecule has 0 saturated carbocycles. The van der Waals surface area contributed by atoms with Crippen molar-refractivity contribution in [1.82, 2.24) is 10.2 Å². The first kappa shape index (κ1) is 36.5. The molecule has 2 heterocycles. The van der Waals surface area contributed by atoms with Crippen molar-refractivity contribution in [3.63, 3.8) is 0 Å². The molecule has 0 spiro atoms. The normalized spacial score (nSPS) is 17.8. The molecule has 1 fully saturated rings. The fourth-order valence-corrected chi connectivity index (χ4v) is 6.59. The Labute approximate surface area is 292 Å². The lowest BCUT2D eigenvalue weighted by molar-refractivity contribution is -0.0359. The predicted octanol–water partition coefficient (Wildman–Crippen LogP) is 6.96. The summed E-state index contributed by atoms with van der Waals surface area (Å²) >= 11 is 0. The number of para-hydroxylation sites is 1. The number of piperidine rings is 1. The van der Waals surface area contributed by atoms with Gasteiger partial charge in [0.15, 0.2) is 0 Å². The summed E-state index contributed by atoms with van der Waals surface area (Å²) in [6.07, 6.45) is 3.40. The number of ether oxygens (including phenoxy) is 5. The number of likely N-dealkylation sites (tertiary alicyclic amines) is 1. The van der Waals surface area contributed by atoms with Crippen molar-refractivity contribution in [3.05, 3.63) is 89.0 Å². The van der Waals surface area contributed by atoms with Crippen molar-refractivity contribution in [1.29, 1.82) is 0 Å². The Morgan fingerprint density at radius 3 is 2.57 bits per heavy atom. The quantitative estimate of drug-likeness (QED) is 0.174. The number of fused-ring (bicyclic) bond motifs is 1. The van der Waals surface area contributed by atoms with E-state index in [0.29, 0.717) is 39.5 Å². The van der Waals surface area contributed by atoms with E-state index < -0.39 is 5.60 Å². The Hall–Kier alpha value is -3.79. The van der Waals surface area contributed by atoms with E-state index in [1.807, 2.05) is 64.2 Å². The minimum atomic E-state index is -0.552. The average molecular weight is 674 g/mol. The zero-order valence-electron chi connectivity index (χ0n) is 30.0. The number of carbonyl (C=O) groups is 1. The van der Waals surface area contributed by atoms with Crippen LogP contribution in [-0.4, -0.2) is 82.8 Å². The molecule has 266 valence electrons. The van der Waals surface area contributed by atoms with Crippen molar-refractivity contribution >= 4 is 11.8 Å². The van der Waals surface area contributed by atoms with Crippen LogP contribution in [0.3, 0.4) is 0 Å². The highest BCUT2D eigenvalue weighted by atomic mass is 16.6. The Morgan fingerprint density at radius 1 is 0.980 bits per heavy atom. The first-order valence-corrected chi connectivity index (χ1v) is 17.8. The van der Waals surface area contributed by atoms with E-state index in [-0.39, 0.29) is 18.1 Å². The van der Waals surface area contributed by atoms with Gasteiger partial charge in [0.2, 0.25) is 0 Å². The van der Waals surface area contributed by atoms with Crippen molar-refractivity contribution in [3.8, 4) is 11.5 Å². The van der Waals surface area contributed by atoms with E-state index in [4.69, 9.17) is 23.7 Å².